The molecule has 6 nitrogen and oxygen atoms in total. The number of hydrogen-bond donors (Lipinski definition) is 1. The molecule has 0 atom stereocenters. The molecule has 1 aromatic carbocycles. The van der Waals surface area contributed by atoms with Crippen molar-refractivity contribution in [3.8, 4) is 11.4 Å². The average Bonchev–Trinajstić information content (AvgIpc) is 3.55. The fourth-order valence-electron chi connectivity index (χ4n) is 4.34. The zero-order valence-corrected chi connectivity index (χ0v) is 18.3. The lowest BCUT2D eigenvalue weighted by atomic mass is 10.2. The van der Waals surface area contributed by atoms with E-state index in [-0.39, 0.29) is 0 Å². The SMILES string of the molecule is c1ccc(Cn2ccnc2CNc2nc(-c3cccnc3)nc3sc4c(c23)CCC4)cc1. The Morgan fingerprint density at radius 3 is 2.81 bits per heavy atom. The van der Waals surface area contributed by atoms with Gasteiger partial charge in [-0.25, -0.2) is 15.0 Å². The molecule has 158 valence electrons. The first-order valence-electron chi connectivity index (χ1n) is 10.9. The number of pyridine rings is 1. The Morgan fingerprint density at radius 2 is 1.94 bits per heavy atom. The third kappa shape index (κ3) is 3.54. The minimum atomic E-state index is 0.600. The highest BCUT2D eigenvalue weighted by atomic mass is 32.1. The van der Waals surface area contributed by atoms with E-state index in [4.69, 9.17) is 9.97 Å². The molecule has 4 heterocycles. The topological polar surface area (TPSA) is 68.5 Å². The number of fused-ring (bicyclic) bond motifs is 3. The fourth-order valence-corrected chi connectivity index (χ4v) is 5.60. The van der Waals surface area contributed by atoms with Crippen LogP contribution in [0.2, 0.25) is 0 Å². The predicted octanol–water partition coefficient (Wildman–Crippen LogP) is 5.10. The molecule has 5 aromatic rings. The summed E-state index contributed by atoms with van der Waals surface area (Å²) in [5.74, 6) is 2.58. The smallest absolute Gasteiger partial charge is 0.164 e. The monoisotopic (exact) mass is 438 g/mol. The van der Waals surface area contributed by atoms with Crippen molar-refractivity contribution in [2.45, 2.75) is 32.4 Å². The number of rotatable bonds is 6. The minimum Gasteiger partial charge on any atom is -0.362 e. The molecule has 0 spiro atoms. The molecule has 0 bridgehead atoms. The Hall–Kier alpha value is -3.58. The van der Waals surface area contributed by atoms with Gasteiger partial charge in [-0.15, -0.1) is 11.3 Å². The molecule has 0 saturated heterocycles. The maximum absolute atomic E-state index is 4.94. The zero-order chi connectivity index (χ0) is 21.3. The summed E-state index contributed by atoms with van der Waals surface area (Å²) >= 11 is 1.81. The number of anilines is 1. The van der Waals surface area contributed by atoms with E-state index in [1.807, 2.05) is 36.8 Å². The van der Waals surface area contributed by atoms with E-state index in [1.54, 1.807) is 17.5 Å². The van der Waals surface area contributed by atoms with Gasteiger partial charge in [0.15, 0.2) is 5.82 Å². The van der Waals surface area contributed by atoms with E-state index >= 15 is 0 Å². The van der Waals surface area contributed by atoms with Gasteiger partial charge in [0.05, 0.1) is 11.9 Å². The molecule has 1 aliphatic carbocycles. The second kappa shape index (κ2) is 8.16. The van der Waals surface area contributed by atoms with Crippen LogP contribution in [0.3, 0.4) is 0 Å². The first-order valence-corrected chi connectivity index (χ1v) is 11.7. The third-order valence-electron chi connectivity index (χ3n) is 5.90. The predicted molar refractivity (Wildman–Crippen MR) is 128 cm³/mol. The molecule has 32 heavy (non-hydrogen) atoms. The first kappa shape index (κ1) is 19.1. The van der Waals surface area contributed by atoms with E-state index in [0.717, 1.165) is 41.4 Å². The van der Waals surface area contributed by atoms with Crippen molar-refractivity contribution in [2.24, 2.45) is 0 Å². The lowest BCUT2D eigenvalue weighted by Gasteiger charge is -2.12. The molecule has 7 heteroatoms. The van der Waals surface area contributed by atoms with Gasteiger partial charge >= 0.3 is 0 Å². The third-order valence-corrected chi connectivity index (χ3v) is 7.08. The molecule has 0 aliphatic heterocycles. The van der Waals surface area contributed by atoms with E-state index in [9.17, 15) is 0 Å². The van der Waals surface area contributed by atoms with Crippen LogP contribution >= 0.6 is 11.3 Å². The zero-order valence-electron chi connectivity index (χ0n) is 17.5. The second-order valence-electron chi connectivity index (χ2n) is 7.99. The molecule has 0 saturated carbocycles. The van der Waals surface area contributed by atoms with Crippen molar-refractivity contribution < 1.29 is 0 Å². The Balaban J connectivity index is 1.35. The van der Waals surface area contributed by atoms with Crippen molar-refractivity contribution in [3.05, 3.63) is 89.1 Å². The lowest BCUT2D eigenvalue weighted by Crippen LogP contribution is -2.11. The Bertz CT molecular complexity index is 1370. The van der Waals surface area contributed by atoms with Gasteiger partial charge in [-0.05, 0) is 42.5 Å². The summed E-state index contributed by atoms with van der Waals surface area (Å²) in [7, 11) is 0. The van der Waals surface area contributed by atoms with Crippen molar-refractivity contribution in [1.29, 1.82) is 0 Å². The summed E-state index contributed by atoms with van der Waals surface area (Å²) in [6.45, 7) is 1.40. The van der Waals surface area contributed by atoms with Crippen molar-refractivity contribution >= 4 is 27.4 Å². The average molecular weight is 439 g/mol. The molecule has 6 rings (SSSR count). The van der Waals surface area contributed by atoms with Crippen LogP contribution in [0.4, 0.5) is 5.82 Å². The maximum atomic E-state index is 4.94. The molecule has 0 fully saturated rings. The van der Waals surface area contributed by atoms with Crippen molar-refractivity contribution in [2.75, 3.05) is 5.32 Å². The number of hydrogen-bond acceptors (Lipinski definition) is 6. The number of thiophene rings is 1. The van der Waals surface area contributed by atoms with Gasteiger partial charge in [-0.2, -0.15) is 0 Å². The molecular weight excluding hydrogens is 416 g/mol. The molecule has 0 unspecified atom stereocenters. The Labute approximate surface area is 190 Å². The summed E-state index contributed by atoms with van der Waals surface area (Å²) in [6.07, 6.45) is 10.9. The quantitative estimate of drug-likeness (QED) is 0.399. The van der Waals surface area contributed by atoms with Gasteiger partial charge in [-0.3, -0.25) is 4.98 Å². The lowest BCUT2D eigenvalue weighted by molar-refractivity contribution is 0.735. The van der Waals surface area contributed by atoms with E-state index in [1.165, 1.54) is 27.8 Å². The van der Waals surface area contributed by atoms with Crippen LogP contribution in [-0.4, -0.2) is 24.5 Å². The van der Waals surface area contributed by atoms with Gasteiger partial charge in [-0.1, -0.05) is 30.3 Å². The van der Waals surface area contributed by atoms with Gasteiger partial charge in [0.25, 0.3) is 0 Å². The standard InChI is InChI=1S/C25H22N6S/c1-2-6-17(7-3-1)16-31-13-12-27-21(31)15-28-24-22-19-9-4-10-20(19)32-25(22)30-23(29-24)18-8-5-11-26-14-18/h1-3,5-8,11-14H,4,9-10,15-16H2,(H,28,29,30). The normalized spacial score (nSPS) is 12.9. The van der Waals surface area contributed by atoms with Gasteiger partial charge in [0.2, 0.25) is 0 Å². The van der Waals surface area contributed by atoms with Crippen LogP contribution in [-0.2, 0) is 25.9 Å². The van der Waals surface area contributed by atoms with Crippen LogP contribution in [0, 0.1) is 0 Å². The Morgan fingerprint density at radius 1 is 1.00 bits per heavy atom. The molecule has 1 aliphatic rings. The summed E-state index contributed by atoms with van der Waals surface area (Å²) in [4.78, 5) is 21.2. The molecule has 1 N–H and O–H groups in total. The molecule has 0 radical (unpaired) electrons. The summed E-state index contributed by atoms with van der Waals surface area (Å²) in [5.41, 5.74) is 3.60. The van der Waals surface area contributed by atoms with Gasteiger partial charge in [0, 0.05) is 41.8 Å². The van der Waals surface area contributed by atoms with Crippen LogP contribution in [0.1, 0.15) is 28.2 Å². The van der Waals surface area contributed by atoms with Crippen molar-refractivity contribution in [1.82, 2.24) is 24.5 Å². The highest BCUT2D eigenvalue weighted by Crippen LogP contribution is 2.40. The van der Waals surface area contributed by atoms with Crippen LogP contribution in [0.15, 0.2) is 67.3 Å². The number of imidazole rings is 1. The number of benzene rings is 1. The van der Waals surface area contributed by atoms with E-state index < -0.39 is 0 Å². The molecule has 0 amide bonds. The summed E-state index contributed by atoms with van der Waals surface area (Å²) in [6, 6.07) is 14.4. The highest BCUT2D eigenvalue weighted by molar-refractivity contribution is 7.19. The molecule has 4 aromatic heterocycles. The Kier molecular flexibility index (Phi) is 4.88. The fraction of sp³-hybridized carbons (Fsp3) is 0.200. The van der Waals surface area contributed by atoms with E-state index in [2.05, 4.69) is 44.1 Å². The summed E-state index contributed by atoms with van der Waals surface area (Å²) in [5, 5.41) is 4.77. The van der Waals surface area contributed by atoms with Crippen molar-refractivity contribution in [3.63, 3.8) is 0 Å². The van der Waals surface area contributed by atoms with Crippen LogP contribution < -0.4 is 5.32 Å². The number of nitrogens with zero attached hydrogens (tertiary/aromatic N) is 5. The summed E-state index contributed by atoms with van der Waals surface area (Å²) < 4.78 is 2.18. The highest BCUT2D eigenvalue weighted by Gasteiger charge is 2.23. The van der Waals surface area contributed by atoms with Crippen LogP contribution in [0.25, 0.3) is 21.6 Å². The van der Waals surface area contributed by atoms with E-state index in [0.29, 0.717) is 12.4 Å². The van der Waals surface area contributed by atoms with Crippen LogP contribution in [0.5, 0.6) is 0 Å². The largest absolute Gasteiger partial charge is 0.362 e. The maximum Gasteiger partial charge on any atom is 0.164 e. The second-order valence-corrected chi connectivity index (χ2v) is 9.07. The number of aryl methyl sites for hydroxylation is 2. The van der Waals surface area contributed by atoms with Gasteiger partial charge in [0.1, 0.15) is 16.5 Å². The number of aromatic nitrogens is 5. The number of nitrogens with one attached hydrogen (secondary N) is 1. The first-order chi connectivity index (χ1) is 15.8. The minimum absolute atomic E-state index is 0.600. The molecular formula is C25H22N6S. The van der Waals surface area contributed by atoms with Gasteiger partial charge < -0.3 is 9.88 Å².